The highest BCUT2D eigenvalue weighted by Gasteiger charge is 2.50. The molecular formula is C36H39F2NO3Si. The first-order valence-corrected chi connectivity index (χ1v) is 16.7. The van der Waals surface area contributed by atoms with Crippen LogP contribution in [0.5, 0.6) is 0 Å². The first kappa shape index (κ1) is 30.8. The van der Waals surface area contributed by atoms with Crippen LogP contribution >= 0.6 is 0 Å². The molecule has 0 N–H and O–H groups in total. The maximum absolute atomic E-state index is 16.3. The van der Waals surface area contributed by atoms with Crippen LogP contribution in [0.3, 0.4) is 0 Å². The summed E-state index contributed by atoms with van der Waals surface area (Å²) in [5.74, 6) is -2.76. The Bertz CT molecular complexity index is 1510. The second-order valence-electron chi connectivity index (χ2n) is 12.4. The van der Waals surface area contributed by atoms with E-state index < -0.39 is 25.7 Å². The van der Waals surface area contributed by atoms with Crippen molar-refractivity contribution in [2.24, 2.45) is 0 Å². The average molecular weight is 600 g/mol. The van der Waals surface area contributed by atoms with Crippen LogP contribution in [0.25, 0.3) is 0 Å². The molecule has 1 aliphatic heterocycles. The number of ether oxygens (including phenoxy) is 1. The van der Waals surface area contributed by atoms with Crippen LogP contribution in [-0.2, 0) is 15.8 Å². The molecule has 0 radical (unpaired) electrons. The van der Waals surface area contributed by atoms with Gasteiger partial charge in [-0.2, -0.15) is 0 Å². The Hall–Kier alpha value is -3.65. The number of benzene rings is 4. The zero-order valence-electron chi connectivity index (χ0n) is 25.4. The van der Waals surface area contributed by atoms with Gasteiger partial charge >= 0.3 is 0 Å². The van der Waals surface area contributed by atoms with Gasteiger partial charge in [0.25, 0.3) is 8.32 Å². The molecule has 5 rings (SSSR count). The molecule has 1 aliphatic rings. The molecule has 224 valence electrons. The summed E-state index contributed by atoms with van der Waals surface area (Å²) in [7, 11) is -3.02. The van der Waals surface area contributed by atoms with Gasteiger partial charge in [-0.15, -0.1) is 0 Å². The van der Waals surface area contributed by atoms with Gasteiger partial charge in [-0.1, -0.05) is 112 Å². The highest BCUT2D eigenvalue weighted by atomic mass is 28.4. The highest BCUT2D eigenvalue weighted by Crippen LogP contribution is 2.39. The summed E-state index contributed by atoms with van der Waals surface area (Å²) in [6, 6.07) is 30.2. The number of hydrogen-bond acceptors (Lipinski definition) is 4. The van der Waals surface area contributed by atoms with E-state index in [0.29, 0.717) is 24.2 Å². The molecule has 0 aromatic heterocycles. The molecule has 0 aliphatic carbocycles. The Morgan fingerprint density at radius 2 is 1.33 bits per heavy atom. The Labute approximate surface area is 254 Å². The molecule has 0 saturated carbocycles. The average Bonchev–Trinajstić information content (AvgIpc) is 2.99. The van der Waals surface area contributed by atoms with E-state index in [1.807, 2.05) is 55.1 Å². The summed E-state index contributed by atoms with van der Waals surface area (Å²) >= 11 is 0. The van der Waals surface area contributed by atoms with Crippen molar-refractivity contribution in [2.45, 2.75) is 58.5 Å². The van der Waals surface area contributed by atoms with E-state index in [-0.39, 0.29) is 35.1 Å². The molecule has 0 bridgehead atoms. The number of carbonyl (C=O) groups is 1. The van der Waals surface area contributed by atoms with Crippen LogP contribution in [-0.4, -0.2) is 39.4 Å². The molecule has 0 spiro atoms. The fraction of sp³-hybridized carbons (Fsp3) is 0.306. The van der Waals surface area contributed by atoms with E-state index in [4.69, 9.17) is 9.16 Å². The molecule has 4 aromatic rings. The van der Waals surface area contributed by atoms with E-state index in [9.17, 15) is 4.79 Å². The second-order valence-corrected chi connectivity index (χ2v) is 16.7. The quantitative estimate of drug-likeness (QED) is 0.163. The van der Waals surface area contributed by atoms with Crippen LogP contribution in [0.4, 0.5) is 14.5 Å². The summed E-state index contributed by atoms with van der Waals surface area (Å²) in [6.45, 7) is 11.1. The molecule has 2 atom stereocenters. The minimum absolute atomic E-state index is 0.00496. The van der Waals surface area contributed by atoms with Crippen molar-refractivity contribution in [3.8, 4) is 0 Å². The molecule has 4 nitrogen and oxygen atoms in total. The van der Waals surface area contributed by atoms with Crippen molar-refractivity contribution in [1.29, 1.82) is 0 Å². The second kappa shape index (κ2) is 12.5. The van der Waals surface area contributed by atoms with Crippen LogP contribution in [0.15, 0.2) is 97.1 Å². The number of carbonyl (C=O) groups excluding carboxylic acids is 1. The minimum Gasteiger partial charge on any atom is -0.403 e. The Balaban J connectivity index is 1.68. The van der Waals surface area contributed by atoms with E-state index in [2.05, 4.69) is 45.0 Å². The van der Waals surface area contributed by atoms with E-state index in [1.54, 1.807) is 30.3 Å². The summed E-state index contributed by atoms with van der Waals surface area (Å²) in [4.78, 5) is 15.3. The number of halogens is 2. The molecular weight excluding hydrogens is 560 g/mol. The lowest BCUT2D eigenvalue weighted by Gasteiger charge is -2.43. The summed E-state index contributed by atoms with van der Waals surface area (Å²) in [6.07, 6.45) is -0.357. The van der Waals surface area contributed by atoms with E-state index >= 15 is 8.78 Å². The minimum atomic E-state index is -3.02. The normalized spacial score (nSPS) is 17.6. The largest absolute Gasteiger partial charge is 0.403 e. The first-order valence-electron chi connectivity index (χ1n) is 14.8. The summed E-state index contributed by atoms with van der Waals surface area (Å²) in [5.41, 5.74) is 0.554. The number of morpholine rings is 1. The lowest BCUT2D eigenvalue weighted by molar-refractivity contribution is -0.00553. The van der Waals surface area contributed by atoms with Gasteiger partial charge in [0.15, 0.2) is 17.4 Å². The maximum atomic E-state index is 16.3. The third-order valence-electron chi connectivity index (χ3n) is 8.14. The molecule has 0 unspecified atom stereocenters. The van der Waals surface area contributed by atoms with Gasteiger partial charge in [0.1, 0.15) is 0 Å². The number of anilines is 1. The monoisotopic (exact) mass is 599 g/mol. The highest BCUT2D eigenvalue weighted by molar-refractivity contribution is 6.99. The smallest absolute Gasteiger partial charge is 0.261 e. The number of rotatable bonds is 8. The number of nitrogens with zero attached hydrogens (tertiary/aromatic N) is 1. The van der Waals surface area contributed by atoms with E-state index in [0.717, 1.165) is 10.4 Å². The van der Waals surface area contributed by atoms with Gasteiger partial charge in [0.05, 0.1) is 30.1 Å². The van der Waals surface area contributed by atoms with Gasteiger partial charge in [-0.3, -0.25) is 4.79 Å². The third kappa shape index (κ3) is 6.07. The molecule has 1 heterocycles. The van der Waals surface area contributed by atoms with Gasteiger partial charge in [0.2, 0.25) is 0 Å². The molecule has 0 amide bonds. The lowest BCUT2D eigenvalue weighted by Crippen LogP contribution is -2.66. The number of hydrogen-bond donors (Lipinski definition) is 0. The molecule has 7 heteroatoms. The van der Waals surface area contributed by atoms with Crippen LogP contribution in [0, 0.1) is 11.6 Å². The van der Waals surface area contributed by atoms with Gasteiger partial charge < -0.3 is 14.1 Å². The van der Waals surface area contributed by atoms with Crippen LogP contribution in [0.2, 0.25) is 5.04 Å². The Morgan fingerprint density at radius 1 is 0.837 bits per heavy atom. The van der Waals surface area contributed by atoms with Crippen molar-refractivity contribution in [3.05, 3.63) is 125 Å². The number of ketones is 1. The zero-order valence-corrected chi connectivity index (χ0v) is 26.4. The SMILES string of the molecule is C[C@@H]1CN(c2c(CO[Si](c3ccccc3)(c3ccccc3)C(C)(C)C)cc(C(=O)c3ccccc3)c(F)c2F)C[C@H](C)O1. The van der Waals surface area contributed by atoms with Gasteiger partial charge in [0, 0.05) is 24.2 Å². The predicted octanol–water partition coefficient (Wildman–Crippen LogP) is 6.89. The third-order valence-corrected chi connectivity index (χ3v) is 13.1. The van der Waals surface area contributed by atoms with E-state index in [1.165, 1.54) is 6.07 Å². The lowest BCUT2D eigenvalue weighted by atomic mass is 9.98. The Kier molecular flexibility index (Phi) is 8.97. The van der Waals surface area contributed by atoms with Crippen LogP contribution in [0.1, 0.15) is 56.1 Å². The predicted molar refractivity (Wildman–Crippen MR) is 171 cm³/mol. The fourth-order valence-corrected chi connectivity index (χ4v) is 10.9. The molecule has 1 fully saturated rings. The molecule has 1 saturated heterocycles. The van der Waals surface area contributed by atoms with Crippen molar-refractivity contribution in [3.63, 3.8) is 0 Å². The van der Waals surface area contributed by atoms with Crippen molar-refractivity contribution in [1.82, 2.24) is 0 Å². The van der Waals surface area contributed by atoms with Crippen molar-refractivity contribution in [2.75, 3.05) is 18.0 Å². The van der Waals surface area contributed by atoms with Crippen LogP contribution < -0.4 is 15.3 Å². The van der Waals surface area contributed by atoms with Gasteiger partial charge in [-0.25, -0.2) is 8.78 Å². The molecule has 43 heavy (non-hydrogen) atoms. The Morgan fingerprint density at radius 3 is 1.81 bits per heavy atom. The zero-order chi connectivity index (χ0) is 30.8. The standard InChI is InChI=1S/C36H39F2NO3Si/c1-25-22-39(23-26(2)42-25)34-28(21-31(32(37)33(34)38)35(40)27-15-9-6-10-16-27)24-41-43(36(3,4)5,29-17-11-7-12-18-29)30-19-13-8-14-20-30/h6-21,25-26H,22-24H2,1-5H3/t25-,26+. The van der Waals surface area contributed by atoms with Crippen molar-refractivity contribution >= 4 is 30.2 Å². The summed E-state index contributed by atoms with van der Waals surface area (Å²) in [5, 5.41) is 1.83. The topological polar surface area (TPSA) is 38.8 Å². The summed E-state index contributed by atoms with van der Waals surface area (Å²) < 4.78 is 45.2. The first-order chi connectivity index (χ1) is 20.5. The fourth-order valence-electron chi connectivity index (χ4n) is 6.34. The van der Waals surface area contributed by atoms with Crippen molar-refractivity contribution < 1.29 is 22.7 Å². The van der Waals surface area contributed by atoms with Gasteiger partial charge in [-0.05, 0) is 35.3 Å². The maximum Gasteiger partial charge on any atom is 0.261 e. The molecule has 4 aromatic carbocycles.